The van der Waals surface area contributed by atoms with Gasteiger partial charge in [0, 0.05) is 9.61 Å². The summed E-state index contributed by atoms with van der Waals surface area (Å²) in [4.78, 5) is 0. The number of ether oxygens (including phenoxy) is 1. The molecule has 0 aromatic heterocycles. The second-order valence-corrected chi connectivity index (χ2v) is 6.32. The van der Waals surface area contributed by atoms with Crippen LogP contribution >= 0.6 is 22.6 Å². The molecule has 0 bridgehead atoms. The number of halogens is 1. The molecule has 2 aromatic rings. The first-order valence-corrected chi connectivity index (χ1v) is 7.74. The van der Waals surface area contributed by atoms with Gasteiger partial charge in [0.15, 0.2) is 0 Å². The van der Waals surface area contributed by atoms with Gasteiger partial charge in [-0.2, -0.15) is 0 Å². The van der Waals surface area contributed by atoms with Crippen LogP contribution in [-0.2, 0) is 24.4 Å². The fraction of sp³-hybridized carbons (Fsp3) is 0.250. The van der Waals surface area contributed by atoms with Crippen LogP contribution in [0.2, 0.25) is 0 Å². The minimum Gasteiger partial charge on any atom is -0.372 e. The molecule has 0 fully saturated rings. The third kappa shape index (κ3) is 3.03. The van der Waals surface area contributed by atoms with Gasteiger partial charge in [0.05, 0.1) is 13.2 Å². The fourth-order valence-corrected chi connectivity index (χ4v) is 2.90. The Bertz CT molecular complexity index is 598. The van der Waals surface area contributed by atoms with Gasteiger partial charge in [0.1, 0.15) is 0 Å². The maximum atomic E-state index is 5.75. The molecule has 104 valence electrons. The molecule has 0 radical (unpaired) electrons. The maximum Gasteiger partial charge on any atom is 0.0725 e. The molecule has 3 rings (SSSR count). The number of nitrogens with one attached hydrogen (secondary N) is 1. The van der Waals surface area contributed by atoms with E-state index in [1.165, 1.54) is 25.8 Å². The Morgan fingerprint density at radius 3 is 2.60 bits per heavy atom. The summed E-state index contributed by atoms with van der Waals surface area (Å²) >= 11 is 2.32. The second kappa shape index (κ2) is 6.22. The SMILES string of the molecule is NNC(Cc1ccc(I)cc1)c1ccc2c(c1)COC2. The lowest BCUT2D eigenvalue weighted by Crippen LogP contribution is -2.29. The Balaban J connectivity index is 1.81. The average Bonchev–Trinajstić information content (AvgIpc) is 2.94. The number of nitrogens with two attached hydrogens (primary N) is 1. The van der Waals surface area contributed by atoms with Crippen LogP contribution < -0.4 is 11.3 Å². The highest BCUT2D eigenvalue weighted by atomic mass is 127. The Labute approximate surface area is 132 Å². The van der Waals surface area contributed by atoms with Crippen LogP contribution in [0.5, 0.6) is 0 Å². The summed E-state index contributed by atoms with van der Waals surface area (Å²) in [6.45, 7) is 1.44. The number of benzene rings is 2. The van der Waals surface area contributed by atoms with Crippen LogP contribution in [-0.4, -0.2) is 0 Å². The Morgan fingerprint density at radius 2 is 1.85 bits per heavy atom. The predicted octanol–water partition coefficient (Wildman–Crippen LogP) is 3.07. The molecule has 4 heteroatoms. The molecule has 0 amide bonds. The molecule has 3 nitrogen and oxygen atoms in total. The average molecular weight is 380 g/mol. The van der Waals surface area contributed by atoms with E-state index in [-0.39, 0.29) is 6.04 Å². The minimum atomic E-state index is 0.126. The van der Waals surface area contributed by atoms with Crippen molar-refractivity contribution >= 4 is 22.6 Å². The van der Waals surface area contributed by atoms with Crippen molar-refractivity contribution in [2.45, 2.75) is 25.7 Å². The maximum absolute atomic E-state index is 5.75. The van der Waals surface area contributed by atoms with E-state index in [4.69, 9.17) is 10.6 Å². The molecule has 1 atom stereocenters. The van der Waals surface area contributed by atoms with E-state index >= 15 is 0 Å². The summed E-state index contributed by atoms with van der Waals surface area (Å²) in [7, 11) is 0. The van der Waals surface area contributed by atoms with Gasteiger partial charge in [0.25, 0.3) is 0 Å². The molecule has 2 aromatic carbocycles. The highest BCUT2D eigenvalue weighted by molar-refractivity contribution is 14.1. The quantitative estimate of drug-likeness (QED) is 0.487. The molecule has 0 saturated heterocycles. The number of hydrazine groups is 1. The Hall–Kier alpha value is -0.950. The van der Waals surface area contributed by atoms with E-state index < -0.39 is 0 Å². The second-order valence-electron chi connectivity index (χ2n) is 5.07. The van der Waals surface area contributed by atoms with Crippen LogP contribution in [0, 0.1) is 3.57 Å². The van der Waals surface area contributed by atoms with Crippen LogP contribution in [0.15, 0.2) is 42.5 Å². The summed E-state index contributed by atoms with van der Waals surface area (Å²) in [5.74, 6) is 5.75. The van der Waals surface area contributed by atoms with Crippen molar-refractivity contribution in [2.24, 2.45) is 5.84 Å². The highest BCUT2D eigenvalue weighted by Gasteiger charge is 2.16. The highest BCUT2D eigenvalue weighted by Crippen LogP contribution is 2.25. The summed E-state index contributed by atoms with van der Waals surface area (Å²) in [6.07, 6.45) is 0.882. The molecule has 0 saturated carbocycles. The minimum absolute atomic E-state index is 0.126. The number of rotatable bonds is 4. The van der Waals surface area contributed by atoms with Gasteiger partial charge in [-0.1, -0.05) is 30.3 Å². The van der Waals surface area contributed by atoms with Crippen molar-refractivity contribution in [3.05, 3.63) is 68.3 Å². The van der Waals surface area contributed by atoms with Gasteiger partial charge in [-0.3, -0.25) is 11.3 Å². The lowest BCUT2D eigenvalue weighted by atomic mass is 9.96. The summed E-state index contributed by atoms with van der Waals surface area (Å²) < 4.78 is 6.71. The van der Waals surface area contributed by atoms with Gasteiger partial charge in [-0.15, -0.1) is 0 Å². The van der Waals surface area contributed by atoms with Crippen LogP contribution in [0.25, 0.3) is 0 Å². The third-order valence-electron chi connectivity index (χ3n) is 3.70. The van der Waals surface area contributed by atoms with Crippen LogP contribution in [0.1, 0.15) is 28.3 Å². The van der Waals surface area contributed by atoms with Gasteiger partial charge in [-0.05, 0) is 63.4 Å². The van der Waals surface area contributed by atoms with Crippen molar-refractivity contribution in [3.63, 3.8) is 0 Å². The van der Waals surface area contributed by atoms with E-state index in [0.717, 1.165) is 13.0 Å². The fourth-order valence-electron chi connectivity index (χ4n) is 2.54. The first-order chi connectivity index (χ1) is 9.76. The number of hydrogen-bond acceptors (Lipinski definition) is 3. The molecule has 1 unspecified atom stereocenters. The molecule has 1 heterocycles. The van der Waals surface area contributed by atoms with E-state index in [1.54, 1.807) is 0 Å². The number of hydrogen-bond donors (Lipinski definition) is 2. The molecule has 0 aliphatic carbocycles. The Kier molecular flexibility index (Phi) is 4.35. The summed E-state index contributed by atoms with van der Waals surface area (Å²) in [5, 5.41) is 0. The first-order valence-electron chi connectivity index (χ1n) is 6.66. The van der Waals surface area contributed by atoms with Crippen molar-refractivity contribution in [1.29, 1.82) is 0 Å². The van der Waals surface area contributed by atoms with Crippen molar-refractivity contribution in [1.82, 2.24) is 5.43 Å². The smallest absolute Gasteiger partial charge is 0.0725 e. The zero-order valence-corrected chi connectivity index (χ0v) is 13.3. The van der Waals surface area contributed by atoms with Gasteiger partial charge in [-0.25, -0.2) is 0 Å². The third-order valence-corrected chi connectivity index (χ3v) is 4.42. The predicted molar refractivity (Wildman–Crippen MR) is 87.9 cm³/mol. The van der Waals surface area contributed by atoms with E-state index in [2.05, 4.69) is 70.5 Å². The van der Waals surface area contributed by atoms with E-state index in [1.807, 2.05) is 0 Å². The molecule has 1 aliphatic heterocycles. The molecular weight excluding hydrogens is 363 g/mol. The topological polar surface area (TPSA) is 47.3 Å². The zero-order valence-electron chi connectivity index (χ0n) is 11.1. The van der Waals surface area contributed by atoms with Crippen molar-refractivity contribution in [3.8, 4) is 0 Å². The Morgan fingerprint density at radius 1 is 1.10 bits per heavy atom. The van der Waals surface area contributed by atoms with Crippen molar-refractivity contribution in [2.75, 3.05) is 0 Å². The zero-order chi connectivity index (χ0) is 13.9. The van der Waals surface area contributed by atoms with Crippen molar-refractivity contribution < 1.29 is 4.74 Å². The molecule has 0 spiro atoms. The molecular formula is C16H17IN2O. The van der Waals surface area contributed by atoms with Crippen LogP contribution in [0.3, 0.4) is 0 Å². The summed E-state index contributed by atoms with van der Waals surface area (Å²) in [5.41, 5.74) is 8.00. The molecule has 20 heavy (non-hydrogen) atoms. The van der Waals surface area contributed by atoms with Crippen LogP contribution in [0.4, 0.5) is 0 Å². The first kappa shape index (κ1) is 14.0. The lowest BCUT2D eigenvalue weighted by molar-refractivity contribution is 0.134. The van der Waals surface area contributed by atoms with Gasteiger partial charge < -0.3 is 4.74 Å². The van der Waals surface area contributed by atoms with E-state index in [9.17, 15) is 0 Å². The normalized spacial score (nSPS) is 15.1. The largest absolute Gasteiger partial charge is 0.372 e. The standard InChI is InChI=1S/C16H17IN2O/c17-15-5-1-11(2-6-15)7-16(19-18)12-3-4-13-9-20-10-14(13)8-12/h1-6,8,16,19H,7,9-10,18H2. The number of fused-ring (bicyclic) bond motifs is 1. The van der Waals surface area contributed by atoms with Gasteiger partial charge >= 0.3 is 0 Å². The molecule has 1 aliphatic rings. The van der Waals surface area contributed by atoms with E-state index in [0.29, 0.717) is 6.61 Å². The summed E-state index contributed by atoms with van der Waals surface area (Å²) in [6, 6.07) is 15.2. The monoisotopic (exact) mass is 380 g/mol. The van der Waals surface area contributed by atoms with Gasteiger partial charge in [0.2, 0.25) is 0 Å². The lowest BCUT2D eigenvalue weighted by Gasteiger charge is -2.17. The molecule has 3 N–H and O–H groups in total.